The number of nitrogens with zero attached hydrogens (tertiary/aromatic N) is 4. The SMILES string of the molecule is O=C1CCC(N2C(=O)c3ccc(CN4CCN(c5ncccc5Cl)CC4)cc3C2=O)C(=O)N1. The molecule has 1 N–H and O–H groups in total. The van der Waals surface area contributed by atoms with Crippen LogP contribution in [-0.2, 0) is 16.1 Å². The number of halogens is 1. The van der Waals surface area contributed by atoms with Crippen molar-refractivity contribution >= 4 is 41.0 Å². The van der Waals surface area contributed by atoms with E-state index >= 15 is 0 Å². The highest BCUT2D eigenvalue weighted by molar-refractivity contribution is 6.32. The van der Waals surface area contributed by atoms with Crippen molar-refractivity contribution in [3.05, 3.63) is 58.2 Å². The molecule has 2 aromatic rings. The second kappa shape index (κ2) is 8.57. The average molecular weight is 468 g/mol. The van der Waals surface area contributed by atoms with E-state index in [-0.39, 0.29) is 18.7 Å². The lowest BCUT2D eigenvalue weighted by Gasteiger charge is -2.35. The normalized spacial score (nSPS) is 21.4. The van der Waals surface area contributed by atoms with Crippen molar-refractivity contribution in [2.45, 2.75) is 25.4 Å². The summed E-state index contributed by atoms with van der Waals surface area (Å²) in [5, 5.41) is 2.84. The van der Waals surface area contributed by atoms with Crippen LogP contribution in [0.25, 0.3) is 0 Å². The van der Waals surface area contributed by atoms with E-state index in [1.807, 2.05) is 18.2 Å². The second-order valence-corrected chi connectivity index (χ2v) is 8.81. The zero-order valence-electron chi connectivity index (χ0n) is 17.8. The summed E-state index contributed by atoms with van der Waals surface area (Å²) in [4.78, 5) is 59.3. The number of piperidine rings is 1. The lowest BCUT2D eigenvalue weighted by atomic mass is 10.0. The number of anilines is 1. The topological polar surface area (TPSA) is 103 Å². The summed E-state index contributed by atoms with van der Waals surface area (Å²) in [6, 6.07) is 7.93. The lowest BCUT2D eigenvalue weighted by molar-refractivity contribution is -0.136. The van der Waals surface area contributed by atoms with Crippen LogP contribution in [0.2, 0.25) is 5.02 Å². The van der Waals surface area contributed by atoms with Crippen LogP contribution in [0, 0.1) is 0 Å². The molecule has 0 aliphatic carbocycles. The molecule has 2 fully saturated rings. The van der Waals surface area contributed by atoms with Crippen LogP contribution in [0.3, 0.4) is 0 Å². The molecule has 1 unspecified atom stereocenters. The van der Waals surface area contributed by atoms with Crippen LogP contribution >= 0.6 is 11.6 Å². The summed E-state index contributed by atoms with van der Waals surface area (Å²) in [5.74, 6) is -1.18. The van der Waals surface area contributed by atoms with E-state index in [1.165, 1.54) is 0 Å². The summed E-state index contributed by atoms with van der Waals surface area (Å²) in [6.45, 7) is 3.81. The van der Waals surface area contributed by atoms with Gasteiger partial charge in [-0.1, -0.05) is 17.7 Å². The summed E-state index contributed by atoms with van der Waals surface area (Å²) in [5.41, 5.74) is 1.52. The van der Waals surface area contributed by atoms with Crippen LogP contribution in [0.15, 0.2) is 36.5 Å². The quantitative estimate of drug-likeness (QED) is 0.679. The molecule has 4 amide bonds. The number of piperazine rings is 1. The number of aromatic nitrogens is 1. The minimum absolute atomic E-state index is 0.102. The molecule has 10 heteroatoms. The van der Waals surface area contributed by atoms with E-state index in [0.717, 1.165) is 42.5 Å². The minimum atomic E-state index is -0.954. The predicted octanol–water partition coefficient (Wildman–Crippen LogP) is 1.46. The molecule has 1 aromatic carbocycles. The fraction of sp³-hybridized carbons (Fsp3) is 0.348. The first-order chi connectivity index (χ1) is 15.9. The number of carbonyl (C=O) groups is 4. The fourth-order valence-electron chi connectivity index (χ4n) is 4.60. The van der Waals surface area contributed by atoms with Crippen LogP contribution in [0.1, 0.15) is 39.1 Å². The lowest BCUT2D eigenvalue weighted by Crippen LogP contribution is -2.54. The van der Waals surface area contributed by atoms with Crippen LogP contribution in [0.5, 0.6) is 0 Å². The van der Waals surface area contributed by atoms with Gasteiger partial charge < -0.3 is 4.90 Å². The maximum Gasteiger partial charge on any atom is 0.262 e. The fourth-order valence-corrected chi connectivity index (χ4v) is 4.84. The first kappa shape index (κ1) is 21.5. The van der Waals surface area contributed by atoms with Gasteiger partial charge in [-0.05, 0) is 36.2 Å². The van der Waals surface area contributed by atoms with Gasteiger partial charge in [0.25, 0.3) is 11.8 Å². The van der Waals surface area contributed by atoms with Crippen molar-refractivity contribution < 1.29 is 19.2 Å². The summed E-state index contributed by atoms with van der Waals surface area (Å²) in [6.07, 6.45) is 1.98. The summed E-state index contributed by atoms with van der Waals surface area (Å²) in [7, 11) is 0. The highest BCUT2D eigenvalue weighted by Gasteiger charge is 2.44. The number of nitrogens with one attached hydrogen (secondary N) is 1. The highest BCUT2D eigenvalue weighted by atomic mass is 35.5. The van der Waals surface area contributed by atoms with E-state index in [2.05, 4.69) is 20.1 Å². The molecule has 2 saturated heterocycles. The first-order valence-corrected chi connectivity index (χ1v) is 11.2. The molecule has 170 valence electrons. The van der Waals surface area contributed by atoms with Crippen molar-refractivity contribution in [3.8, 4) is 0 Å². The average Bonchev–Trinajstić information content (AvgIpc) is 3.05. The summed E-state index contributed by atoms with van der Waals surface area (Å²) < 4.78 is 0. The number of amides is 4. The summed E-state index contributed by atoms with van der Waals surface area (Å²) >= 11 is 6.26. The maximum absolute atomic E-state index is 13.0. The molecule has 33 heavy (non-hydrogen) atoms. The van der Waals surface area contributed by atoms with Gasteiger partial charge in [-0.15, -0.1) is 0 Å². The van der Waals surface area contributed by atoms with E-state index in [0.29, 0.717) is 22.7 Å². The van der Waals surface area contributed by atoms with Crippen molar-refractivity contribution in [1.29, 1.82) is 0 Å². The number of hydrogen-bond donors (Lipinski definition) is 1. The number of rotatable bonds is 4. The molecule has 1 aromatic heterocycles. The van der Waals surface area contributed by atoms with Crippen LogP contribution in [0.4, 0.5) is 5.82 Å². The standard InChI is InChI=1S/C23H22ClN5O4/c24-17-2-1-7-25-20(17)28-10-8-27(9-11-28)13-14-3-4-15-16(12-14)23(33)29(22(15)32)18-5-6-19(30)26-21(18)31/h1-4,7,12,18H,5-6,8-11,13H2,(H,26,30,31). The van der Waals surface area contributed by atoms with Gasteiger partial charge in [0.1, 0.15) is 11.9 Å². The van der Waals surface area contributed by atoms with Gasteiger partial charge in [0.05, 0.1) is 16.1 Å². The van der Waals surface area contributed by atoms with Crippen LogP contribution < -0.4 is 10.2 Å². The van der Waals surface area contributed by atoms with Gasteiger partial charge in [-0.2, -0.15) is 0 Å². The smallest absolute Gasteiger partial charge is 0.262 e. The Morgan fingerprint density at radius 1 is 1.00 bits per heavy atom. The predicted molar refractivity (Wildman–Crippen MR) is 120 cm³/mol. The third-order valence-corrected chi connectivity index (χ3v) is 6.62. The number of hydrogen-bond acceptors (Lipinski definition) is 7. The van der Waals surface area contributed by atoms with Gasteiger partial charge in [0.15, 0.2) is 0 Å². The van der Waals surface area contributed by atoms with E-state index in [4.69, 9.17) is 11.6 Å². The van der Waals surface area contributed by atoms with Gasteiger partial charge in [-0.25, -0.2) is 4.98 Å². The highest BCUT2D eigenvalue weighted by Crippen LogP contribution is 2.29. The van der Waals surface area contributed by atoms with Crippen LogP contribution in [-0.4, -0.2) is 70.6 Å². The largest absolute Gasteiger partial charge is 0.353 e. The number of imide groups is 2. The van der Waals surface area contributed by atoms with E-state index in [9.17, 15) is 19.2 Å². The Morgan fingerprint density at radius 3 is 2.48 bits per heavy atom. The monoisotopic (exact) mass is 467 g/mol. The zero-order chi connectivity index (χ0) is 23.1. The Labute approximate surface area is 195 Å². The second-order valence-electron chi connectivity index (χ2n) is 8.40. The molecule has 0 spiro atoms. The maximum atomic E-state index is 13.0. The van der Waals surface area contributed by atoms with Gasteiger partial charge in [-0.3, -0.25) is 34.3 Å². The minimum Gasteiger partial charge on any atom is -0.353 e. The molecule has 0 bridgehead atoms. The molecule has 0 radical (unpaired) electrons. The Balaban J connectivity index is 1.26. The number of pyridine rings is 1. The Morgan fingerprint density at radius 2 is 1.76 bits per heavy atom. The molecule has 4 heterocycles. The van der Waals surface area contributed by atoms with E-state index in [1.54, 1.807) is 18.3 Å². The molecule has 1 atom stereocenters. The van der Waals surface area contributed by atoms with Gasteiger partial charge >= 0.3 is 0 Å². The molecule has 5 rings (SSSR count). The van der Waals surface area contributed by atoms with Gasteiger partial charge in [0.2, 0.25) is 11.8 Å². The van der Waals surface area contributed by atoms with Crippen molar-refractivity contribution in [1.82, 2.24) is 20.1 Å². The molecular weight excluding hydrogens is 446 g/mol. The number of carbonyl (C=O) groups excluding carboxylic acids is 4. The number of fused-ring (bicyclic) bond motifs is 1. The third-order valence-electron chi connectivity index (χ3n) is 6.32. The molecule has 3 aliphatic rings. The molecule has 0 saturated carbocycles. The van der Waals surface area contributed by atoms with Crippen molar-refractivity contribution in [2.75, 3.05) is 31.1 Å². The third kappa shape index (κ3) is 3.98. The zero-order valence-corrected chi connectivity index (χ0v) is 18.5. The molecular formula is C23H22ClN5O4. The van der Waals surface area contributed by atoms with Crippen molar-refractivity contribution in [2.24, 2.45) is 0 Å². The molecule has 9 nitrogen and oxygen atoms in total. The van der Waals surface area contributed by atoms with Gasteiger partial charge in [0, 0.05) is 45.3 Å². The first-order valence-electron chi connectivity index (χ1n) is 10.8. The Hall–Kier alpha value is -3.30. The number of benzene rings is 1. The molecule has 3 aliphatic heterocycles. The Bertz CT molecular complexity index is 1160. The van der Waals surface area contributed by atoms with E-state index < -0.39 is 23.8 Å². The van der Waals surface area contributed by atoms with Crippen molar-refractivity contribution in [3.63, 3.8) is 0 Å². The Kier molecular flexibility index (Phi) is 5.59.